The summed E-state index contributed by atoms with van der Waals surface area (Å²) in [5.41, 5.74) is 0. The zero-order valence-electron chi connectivity index (χ0n) is 30.0. The molecule has 0 radical (unpaired) electrons. The molecular weight excluding hydrogens is 817 g/mol. The van der Waals surface area contributed by atoms with Gasteiger partial charge in [0.05, 0.1) is 0 Å². The molecule has 0 aliphatic carbocycles. The fourth-order valence-electron chi connectivity index (χ4n) is 6.06. The first kappa shape index (κ1) is 41.4. The van der Waals surface area contributed by atoms with Gasteiger partial charge in [0.1, 0.15) is 0 Å². The van der Waals surface area contributed by atoms with Crippen molar-refractivity contribution in [2.75, 3.05) is 0 Å². The van der Waals surface area contributed by atoms with Crippen molar-refractivity contribution in [1.29, 1.82) is 0 Å². The van der Waals surface area contributed by atoms with Crippen LogP contribution in [0, 0.1) is 0 Å². The molecule has 260 valence electrons. The number of hydrogen-bond acceptors (Lipinski definition) is 2. The Balaban J connectivity index is 0.00000292. The Kier molecular flexibility index (Phi) is 15.1. The van der Waals surface area contributed by atoms with E-state index in [9.17, 15) is 0 Å². The molecule has 0 aromatic heterocycles. The second-order valence-electron chi connectivity index (χ2n) is 14.1. The quantitative estimate of drug-likeness (QED) is 0.138. The van der Waals surface area contributed by atoms with Crippen molar-refractivity contribution in [3.05, 3.63) is 158 Å². The minimum Gasteiger partial charge on any atom is -1.00 e. The van der Waals surface area contributed by atoms with Crippen molar-refractivity contribution in [2.45, 2.75) is 39.3 Å². The van der Waals surface area contributed by atoms with Crippen molar-refractivity contribution in [2.24, 2.45) is 0 Å². The van der Waals surface area contributed by atoms with Gasteiger partial charge in [-0.25, -0.2) is 0 Å². The van der Waals surface area contributed by atoms with Gasteiger partial charge in [0.25, 0.3) is 0 Å². The Hall–Kier alpha value is -2.32. The molecule has 0 unspecified atom stereocenters. The summed E-state index contributed by atoms with van der Waals surface area (Å²) in [4.78, 5) is 0. The summed E-state index contributed by atoms with van der Waals surface area (Å²) in [7, 11) is -5.20. The van der Waals surface area contributed by atoms with Crippen LogP contribution in [0.1, 0.15) is 0 Å². The van der Waals surface area contributed by atoms with Gasteiger partial charge in [0, 0.05) is 0 Å². The van der Waals surface area contributed by atoms with Gasteiger partial charge in [-0.3, -0.25) is 0 Å². The van der Waals surface area contributed by atoms with Gasteiger partial charge in [0.15, 0.2) is 0 Å². The molecule has 0 spiro atoms. The van der Waals surface area contributed by atoms with Gasteiger partial charge in [0.2, 0.25) is 0 Å². The maximum absolute atomic E-state index is 7.16. The SMILES string of the molecule is C[Si](C)(C)c1cccc(P(c2ccccc2)c2ccccc2)c1[O][Zr+2][O]c1c(P(c2ccccc2)c2ccccc2)cccc1[Si](C)(C)C.[Cl-].[Cl-]. The molecule has 0 aliphatic heterocycles. The van der Waals surface area contributed by atoms with Gasteiger partial charge >= 0.3 is 312 Å². The van der Waals surface area contributed by atoms with Gasteiger partial charge in [-0.15, -0.1) is 0 Å². The number of hydrogen-bond donors (Lipinski definition) is 0. The molecule has 6 aromatic carbocycles. The third kappa shape index (κ3) is 10.0. The second kappa shape index (κ2) is 18.6. The molecule has 0 heterocycles. The van der Waals surface area contributed by atoms with E-state index in [1.165, 1.54) is 42.2 Å². The van der Waals surface area contributed by atoms with Crippen LogP contribution in [0.4, 0.5) is 0 Å². The molecule has 0 fully saturated rings. The van der Waals surface area contributed by atoms with Crippen molar-refractivity contribution in [3.63, 3.8) is 0 Å². The van der Waals surface area contributed by atoms with Crippen molar-refractivity contribution in [3.8, 4) is 11.5 Å². The molecular formula is C42H44Cl2O2P2Si2Zr. The minimum atomic E-state index is -1.87. The van der Waals surface area contributed by atoms with Crippen LogP contribution >= 0.6 is 15.8 Å². The second-order valence-corrected chi connectivity index (χ2v) is 30.0. The van der Waals surface area contributed by atoms with Crippen LogP contribution in [0.25, 0.3) is 0 Å². The third-order valence-electron chi connectivity index (χ3n) is 8.43. The first-order valence-corrected chi connectivity index (χ1v) is 28.5. The van der Waals surface area contributed by atoms with Crippen LogP contribution < -0.4 is 72.6 Å². The van der Waals surface area contributed by atoms with Crippen molar-refractivity contribution < 1.29 is 54.6 Å². The van der Waals surface area contributed by atoms with Gasteiger partial charge < -0.3 is 24.8 Å². The molecule has 0 bridgehead atoms. The van der Waals surface area contributed by atoms with Gasteiger partial charge in [-0.1, -0.05) is 0 Å². The van der Waals surface area contributed by atoms with E-state index in [1.54, 1.807) is 0 Å². The molecule has 6 rings (SSSR count). The largest absolute Gasteiger partial charge is 1.00 e. The average molecular weight is 861 g/mol. The molecule has 0 amide bonds. The molecule has 0 atom stereocenters. The van der Waals surface area contributed by atoms with Crippen LogP contribution in [0.15, 0.2) is 158 Å². The van der Waals surface area contributed by atoms with Crippen LogP contribution in [0.2, 0.25) is 39.3 Å². The summed E-state index contributed by atoms with van der Waals surface area (Å²) < 4.78 is 14.3. The molecule has 0 N–H and O–H groups in total. The number of benzene rings is 6. The molecule has 0 aliphatic rings. The summed E-state index contributed by atoms with van der Waals surface area (Å²) in [6, 6.07) is 57.5. The third-order valence-corrected chi connectivity index (χ3v) is 18.8. The fourth-order valence-corrected chi connectivity index (χ4v) is 16.5. The normalized spacial score (nSPS) is 11.3. The number of para-hydroxylation sites is 2. The predicted molar refractivity (Wildman–Crippen MR) is 218 cm³/mol. The minimum absolute atomic E-state index is 0. The van der Waals surface area contributed by atoms with E-state index in [-0.39, 0.29) is 24.8 Å². The Labute approximate surface area is 334 Å². The zero-order chi connectivity index (χ0) is 34.4. The first-order chi connectivity index (χ1) is 23.6. The summed E-state index contributed by atoms with van der Waals surface area (Å²) in [6.45, 7) is 14.5. The van der Waals surface area contributed by atoms with Crippen LogP contribution in [-0.2, 0) is 24.1 Å². The molecule has 2 nitrogen and oxygen atoms in total. The van der Waals surface area contributed by atoms with Crippen LogP contribution in [0.3, 0.4) is 0 Å². The maximum atomic E-state index is 7.16. The molecule has 6 aromatic rings. The van der Waals surface area contributed by atoms with E-state index in [0.29, 0.717) is 0 Å². The van der Waals surface area contributed by atoms with Gasteiger partial charge in [-0.2, -0.15) is 0 Å². The van der Waals surface area contributed by atoms with Gasteiger partial charge in [-0.05, 0) is 0 Å². The van der Waals surface area contributed by atoms with Crippen molar-refractivity contribution in [1.82, 2.24) is 0 Å². The van der Waals surface area contributed by atoms with E-state index in [2.05, 4.69) is 197 Å². The zero-order valence-corrected chi connectivity index (χ0v) is 37.7. The van der Waals surface area contributed by atoms with E-state index in [4.69, 9.17) is 5.63 Å². The number of rotatable bonds is 12. The van der Waals surface area contributed by atoms with Crippen molar-refractivity contribution >= 4 is 74.2 Å². The summed E-state index contributed by atoms with van der Waals surface area (Å²) in [6.07, 6.45) is 0. The summed E-state index contributed by atoms with van der Waals surface area (Å²) in [5.74, 6) is 2.13. The predicted octanol–water partition coefficient (Wildman–Crippen LogP) is 1.67. The van der Waals surface area contributed by atoms with Crippen LogP contribution in [-0.4, -0.2) is 16.1 Å². The van der Waals surface area contributed by atoms with E-state index in [0.717, 1.165) is 11.5 Å². The standard InChI is InChI=1S/2C21H23OPSi.2ClH.Zr/c2*1-24(2,3)20-16-10-15-19(21(20)22)23(17-11-6-4-7-12-17)18-13-8-5-9-14-18;;;/h2*4-16,22H,1-3H3;2*1H;/q;;;;+4/p-4. The monoisotopic (exact) mass is 858 g/mol. The summed E-state index contributed by atoms with van der Waals surface area (Å²) in [5, 5.41) is 10.6. The fraction of sp³-hybridized carbons (Fsp3) is 0.143. The summed E-state index contributed by atoms with van der Waals surface area (Å²) >= 11 is -1.87. The Morgan fingerprint density at radius 3 is 0.902 bits per heavy atom. The number of halogens is 2. The van der Waals surface area contributed by atoms with E-state index in [1.807, 2.05) is 0 Å². The Morgan fingerprint density at radius 2 is 0.647 bits per heavy atom. The smallest absolute Gasteiger partial charge is 1.00 e. The Bertz CT molecular complexity index is 1750. The average Bonchev–Trinajstić information content (AvgIpc) is 3.10. The van der Waals surface area contributed by atoms with E-state index >= 15 is 0 Å². The first-order valence-electron chi connectivity index (χ1n) is 16.8. The molecule has 0 saturated heterocycles. The Morgan fingerprint density at radius 1 is 0.373 bits per heavy atom. The van der Waals surface area contributed by atoms with Crippen LogP contribution in [0.5, 0.6) is 11.5 Å². The molecule has 9 heteroatoms. The molecule has 0 saturated carbocycles. The van der Waals surface area contributed by atoms with E-state index < -0.39 is 56.1 Å². The maximum Gasteiger partial charge on any atom is -1.00 e. The molecule has 51 heavy (non-hydrogen) atoms. The topological polar surface area (TPSA) is 18.5 Å².